The maximum atomic E-state index is 13.1. The Kier molecular flexibility index (Phi) is 4.48. The number of phenols is 1. The zero-order valence-corrected chi connectivity index (χ0v) is 14.0. The third-order valence-electron chi connectivity index (χ3n) is 5.47. The second-order valence-electron chi connectivity index (χ2n) is 6.90. The minimum atomic E-state index is -0.214. The van der Waals surface area contributed by atoms with Crippen LogP contribution >= 0.6 is 0 Å². The van der Waals surface area contributed by atoms with Crippen molar-refractivity contribution in [2.45, 2.75) is 32.2 Å². The number of aromatic hydroxyl groups is 1. The van der Waals surface area contributed by atoms with Gasteiger partial charge in [0.05, 0.1) is 12.5 Å². The number of methoxy groups -OCH3 is 1. The molecule has 0 spiro atoms. The lowest BCUT2D eigenvalue weighted by Gasteiger charge is -2.39. The van der Waals surface area contributed by atoms with Gasteiger partial charge in [-0.3, -0.25) is 4.79 Å². The van der Waals surface area contributed by atoms with E-state index < -0.39 is 0 Å². The first kappa shape index (κ1) is 16.1. The summed E-state index contributed by atoms with van der Waals surface area (Å²) >= 11 is 0. The Bertz CT molecular complexity index is 590. The molecule has 2 aliphatic rings. The van der Waals surface area contributed by atoms with Crippen LogP contribution in [0, 0.1) is 11.3 Å². The second-order valence-corrected chi connectivity index (χ2v) is 6.90. The average molecular weight is 318 g/mol. The van der Waals surface area contributed by atoms with E-state index in [1.54, 1.807) is 12.1 Å². The van der Waals surface area contributed by atoms with E-state index in [0.717, 1.165) is 37.9 Å². The Labute approximate surface area is 137 Å². The van der Waals surface area contributed by atoms with Gasteiger partial charge in [0, 0.05) is 20.1 Å². The lowest BCUT2D eigenvalue weighted by Crippen LogP contribution is -2.48. The Morgan fingerprint density at radius 2 is 2.30 bits per heavy atom. The molecule has 1 aromatic rings. The molecule has 1 aliphatic heterocycles. The molecule has 1 aliphatic carbocycles. The van der Waals surface area contributed by atoms with E-state index in [1.165, 1.54) is 13.5 Å². The van der Waals surface area contributed by atoms with Gasteiger partial charge >= 0.3 is 0 Å². The molecule has 1 saturated carbocycles. The number of nitrogens with zero attached hydrogens (tertiary/aromatic N) is 1. The molecule has 2 fully saturated rings. The van der Waals surface area contributed by atoms with E-state index in [9.17, 15) is 9.90 Å². The van der Waals surface area contributed by atoms with Gasteiger partial charge in [-0.15, -0.1) is 0 Å². The number of phenolic OH excluding ortho intramolecular Hbond substituents is 1. The summed E-state index contributed by atoms with van der Waals surface area (Å²) in [5, 5.41) is 13.1. The Hall–Kier alpha value is -1.75. The van der Waals surface area contributed by atoms with E-state index in [2.05, 4.69) is 5.32 Å². The summed E-state index contributed by atoms with van der Waals surface area (Å²) in [6.45, 7) is 2.30. The van der Waals surface area contributed by atoms with Crippen LogP contribution in [0.5, 0.6) is 11.5 Å². The lowest BCUT2D eigenvalue weighted by molar-refractivity contribution is -0.144. The van der Waals surface area contributed by atoms with E-state index in [-0.39, 0.29) is 17.1 Å². The molecule has 5 heteroatoms. The number of fused-ring (bicyclic) bond motifs is 1. The summed E-state index contributed by atoms with van der Waals surface area (Å²) in [7, 11) is 3.41. The predicted molar refractivity (Wildman–Crippen MR) is 88.4 cm³/mol. The topological polar surface area (TPSA) is 61.8 Å². The molecule has 1 aromatic carbocycles. The number of amides is 1. The van der Waals surface area contributed by atoms with Crippen molar-refractivity contribution in [3.63, 3.8) is 0 Å². The van der Waals surface area contributed by atoms with Crippen LogP contribution in [0.15, 0.2) is 18.2 Å². The van der Waals surface area contributed by atoms with Crippen LogP contribution in [-0.2, 0) is 11.3 Å². The molecular formula is C18H26N2O3. The Morgan fingerprint density at radius 3 is 3.09 bits per heavy atom. The van der Waals surface area contributed by atoms with Crippen LogP contribution in [0.1, 0.15) is 31.2 Å². The molecule has 1 heterocycles. The monoisotopic (exact) mass is 318 g/mol. The highest BCUT2D eigenvalue weighted by Gasteiger charge is 2.50. The Morgan fingerprint density at radius 1 is 1.48 bits per heavy atom. The Balaban J connectivity index is 1.75. The fraction of sp³-hybridized carbons (Fsp3) is 0.611. The molecular weight excluding hydrogens is 292 g/mol. The summed E-state index contributed by atoms with van der Waals surface area (Å²) in [5.74, 6) is 1.29. The summed E-state index contributed by atoms with van der Waals surface area (Å²) in [6.07, 6.45) is 4.53. The normalized spacial score (nSPS) is 26.6. The van der Waals surface area contributed by atoms with Crippen molar-refractivity contribution in [3.8, 4) is 11.5 Å². The first-order valence-electron chi connectivity index (χ1n) is 8.39. The highest BCUT2D eigenvalue weighted by atomic mass is 16.5. The predicted octanol–water partition coefficient (Wildman–Crippen LogP) is 2.14. The maximum Gasteiger partial charge on any atom is 0.230 e. The molecule has 23 heavy (non-hydrogen) atoms. The van der Waals surface area contributed by atoms with Crippen molar-refractivity contribution < 1.29 is 14.6 Å². The minimum absolute atomic E-state index is 0.121. The largest absolute Gasteiger partial charge is 0.504 e. The molecule has 2 atom stereocenters. The number of ether oxygens (including phenoxy) is 1. The summed E-state index contributed by atoms with van der Waals surface area (Å²) < 4.78 is 5.15. The zero-order valence-electron chi connectivity index (χ0n) is 14.0. The van der Waals surface area contributed by atoms with E-state index in [4.69, 9.17) is 4.74 Å². The van der Waals surface area contributed by atoms with Crippen LogP contribution in [0.3, 0.4) is 0 Å². The highest BCUT2D eigenvalue weighted by Crippen LogP contribution is 2.45. The summed E-state index contributed by atoms with van der Waals surface area (Å²) in [6, 6.07) is 5.25. The highest BCUT2D eigenvalue weighted by molar-refractivity contribution is 5.83. The number of rotatable bonds is 4. The molecule has 1 saturated heterocycles. The smallest absolute Gasteiger partial charge is 0.230 e. The van der Waals surface area contributed by atoms with Gasteiger partial charge in [-0.1, -0.05) is 18.9 Å². The van der Waals surface area contributed by atoms with Crippen molar-refractivity contribution in [2.75, 3.05) is 27.2 Å². The van der Waals surface area contributed by atoms with Crippen LogP contribution in [0.4, 0.5) is 0 Å². The van der Waals surface area contributed by atoms with Crippen molar-refractivity contribution in [1.29, 1.82) is 0 Å². The summed E-state index contributed by atoms with van der Waals surface area (Å²) in [5.41, 5.74) is 0.749. The zero-order chi connectivity index (χ0) is 16.4. The third kappa shape index (κ3) is 2.90. The van der Waals surface area contributed by atoms with Crippen LogP contribution in [0.2, 0.25) is 0 Å². The number of carbonyl (C=O) groups is 1. The first-order chi connectivity index (χ1) is 11.1. The van der Waals surface area contributed by atoms with Gasteiger partial charge in [-0.2, -0.15) is 0 Å². The number of hydrogen-bond acceptors (Lipinski definition) is 4. The van der Waals surface area contributed by atoms with Crippen molar-refractivity contribution in [3.05, 3.63) is 23.8 Å². The molecule has 0 radical (unpaired) electrons. The van der Waals surface area contributed by atoms with Crippen molar-refractivity contribution in [1.82, 2.24) is 10.2 Å². The molecule has 3 rings (SSSR count). The van der Waals surface area contributed by atoms with Gasteiger partial charge in [-0.05, 0) is 43.0 Å². The van der Waals surface area contributed by atoms with Crippen molar-refractivity contribution >= 4 is 5.91 Å². The standard InChI is InChI=1S/C18H26N2O3/c1-20(11-13-6-7-15(21)16(9-13)23-2)17(22)18-8-4-3-5-14(18)10-19-12-18/h6-7,9,14,19,21H,3-5,8,10-12H2,1-2H3/t14-,18+/m0/s1. The minimum Gasteiger partial charge on any atom is -0.504 e. The number of benzene rings is 1. The van der Waals surface area contributed by atoms with Crippen LogP contribution < -0.4 is 10.1 Å². The molecule has 0 bridgehead atoms. The average Bonchev–Trinajstić information content (AvgIpc) is 3.00. The number of carbonyl (C=O) groups excluding carboxylic acids is 1. The summed E-state index contributed by atoms with van der Waals surface area (Å²) in [4.78, 5) is 15.0. The van der Waals surface area contributed by atoms with Gasteiger partial charge < -0.3 is 20.1 Å². The number of hydrogen-bond donors (Lipinski definition) is 2. The van der Waals surface area contributed by atoms with E-state index in [0.29, 0.717) is 18.2 Å². The van der Waals surface area contributed by atoms with E-state index >= 15 is 0 Å². The molecule has 2 N–H and O–H groups in total. The second kappa shape index (κ2) is 6.40. The quantitative estimate of drug-likeness (QED) is 0.893. The van der Waals surface area contributed by atoms with Gasteiger partial charge in [-0.25, -0.2) is 0 Å². The first-order valence-corrected chi connectivity index (χ1v) is 8.39. The van der Waals surface area contributed by atoms with Gasteiger partial charge in [0.25, 0.3) is 0 Å². The lowest BCUT2D eigenvalue weighted by atomic mass is 9.67. The van der Waals surface area contributed by atoms with Gasteiger partial charge in [0.15, 0.2) is 11.5 Å². The van der Waals surface area contributed by atoms with Crippen molar-refractivity contribution in [2.24, 2.45) is 11.3 Å². The molecule has 1 amide bonds. The third-order valence-corrected chi connectivity index (χ3v) is 5.47. The van der Waals surface area contributed by atoms with Gasteiger partial charge in [0.1, 0.15) is 0 Å². The number of nitrogens with one attached hydrogen (secondary N) is 1. The molecule has 126 valence electrons. The van der Waals surface area contributed by atoms with Crippen LogP contribution in [-0.4, -0.2) is 43.2 Å². The molecule has 0 unspecified atom stereocenters. The SMILES string of the molecule is COc1cc(CN(C)C(=O)[C@@]23CCCC[C@H]2CNC3)ccc1O. The van der Waals surface area contributed by atoms with Crippen LogP contribution in [0.25, 0.3) is 0 Å². The molecule has 5 nitrogen and oxygen atoms in total. The maximum absolute atomic E-state index is 13.1. The fourth-order valence-electron chi connectivity index (χ4n) is 4.21. The molecule has 0 aromatic heterocycles. The van der Waals surface area contributed by atoms with E-state index in [1.807, 2.05) is 18.0 Å². The fourth-order valence-corrected chi connectivity index (χ4v) is 4.21. The van der Waals surface area contributed by atoms with Gasteiger partial charge in [0.2, 0.25) is 5.91 Å².